The predicted octanol–water partition coefficient (Wildman–Crippen LogP) is 5.13. The van der Waals surface area contributed by atoms with E-state index in [4.69, 9.17) is 0 Å². The van der Waals surface area contributed by atoms with Crippen LogP contribution in [-0.2, 0) is 4.79 Å². The number of non-ortho nitro benzene ring substituents is 1. The van der Waals surface area contributed by atoms with Gasteiger partial charge in [0.15, 0.2) is 0 Å². The molecule has 6 nitrogen and oxygen atoms in total. The molecular weight excluding hydrogens is 390 g/mol. The average molecular weight is 411 g/mol. The van der Waals surface area contributed by atoms with Gasteiger partial charge < -0.3 is 4.90 Å². The van der Waals surface area contributed by atoms with Crippen LogP contribution in [0.1, 0.15) is 11.1 Å². The Bertz CT molecular complexity index is 1180. The van der Waals surface area contributed by atoms with Crippen LogP contribution in [0.3, 0.4) is 0 Å². The Labute approximate surface area is 180 Å². The monoisotopic (exact) mass is 411 g/mol. The van der Waals surface area contributed by atoms with E-state index >= 15 is 0 Å². The molecule has 1 heterocycles. The summed E-state index contributed by atoms with van der Waals surface area (Å²) in [7, 11) is 3.94. The zero-order valence-corrected chi connectivity index (χ0v) is 17.2. The van der Waals surface area contributed by atoms with Crippen LogP contribution in [0.15, 0.2) is 90.5 Å². The normalized spacial score (nSPS) is 14.6. The molecule has 0 atom stereocenters. The zero-order chi connectivity index (χ0) is 22.0. The molecule has 0 N–H and O–H groups in total. The highest BCUT2D eigenvalue weighted by Crippen LogP contribution is 2.36. The van der Waals surface area contributed by atoms with Crippen molar-refractivity contribution in [2.24, 2.45) is 0 Å². The van der Waals surface area contributed by atoms with Gasteiger partial charge in [0.25, 0.3) is 11.6 Å². The standard InChI is InChI=1S/C25H21N3O3/c1-26(2)21-12-14-22(15-13-21)27-24(19-6-4-3-5-7-19)17-20(25(27)29)16-18-8-10-23(11-9-18)28(30)31/h3-17H,1-2H3/b20-16+. The number of hydrogen-bond acceptors (Lipinski definition) is 4. The fourth-order valence-electron chi connectivity index (χ4n) is 3.46. The van der Waals surface area contributed by atoms with E-state index in [9.17, 15) is 14.9 Å². The molecule has 0 aromatic heterocycles. The van der Waals surface area contributed by atoms with Crippen molar-refractivity contribution in [1.29, 1.82) is 0 Å². The molecule has 0 bridgehead atoms. The van der Waals surface area contributed by atoms with Gasteiger partial charge in [0.05, 0.1) is 10.6 Å². The van der Waals surface area contributed by atoms with Crippen LogP contribution < -0.4 is 9.80 Å². The van der Waals surface area contributed by atoms with Crippen molar-refractivity contribution in [3.8, 4) is 0 Å². The van der Waals surface area contributed by atoms with Crippen LogP contribution in [-0.4, -0.2) is 24.9 Å². The summed E-state index contributed by atoms with van der Waals surface area (Å²) in [5, 5.41) is 10.9. The van der Waals surface area contributed by atoms with Gasteiger partial charge in [0, 0.05) is 43.2 Å². The van der Waals surface area contributed by atoms with Crippen molar-refractivity contribution in [2.45, 2.75) is 0 Å². The van der Waals surface area contributed by atoms with Gasteiger partial charge >= 0.3 is 0 Å². The minimum absolute atomic E-state index is 0.0167. The van der Waals surface area contributed by atoms with Crippen LogP contribution in [0, 0.1) is 10.1 Å². The summed E-state index contributed by atoms with van der Waals surface area (Å²) >= 11 is 0. The maximum absolute atomic E-state index is 13.4. The van der Waals surface area contributed by atoms with Crippen LogP contribution in [0.4, 0.5) is 17.1 Å². The van der Waals surface area contributed by atoms with Crippen LogP contribution in [0.2, 0.25) is 0 Å². The Morgan fingerprint density at radius 2 is 1.55 bits per heavy atom. The molecule has 1 aliphatic rings. The molecule has 0 spiro atoms. The number of nitro benzene ring substituents is 1. The first-order valence-electron chi connectivity index (χ1n) is 9.79. The number of hydrogen-bond donors (Lipinski definition) is 0. The second kappa shape index (κ2) is 8.28. The Morgan fingerprint density at radius 1 is 0.903 bits per heavy atom. The third-order valence-corrected chi connectivity index (χ3v) is 5.10. The van der Waals surface area contributed by atoms with E-state index in [0.29, 0.717) is 5.57 Å². The lowest BCUT2D eigenvalue weighted by Crippen LogP contribution is -2.25. The molecule has 3 aromatic carbocycles. The summed E-state index contributed by atoms with van der Waals surface area (Å²) in [4.78, 5) is 27.5. The summed E-state index contributed by atoms with van der Waals surface area (Å²) in [5.74, 6) is -0.144. The van der Waals surface area contributed by atoms with Gasteiger partial charge in [-0.15, -0.1) is 0 Å². The molecule has 3 aromatic rings. The molecule has 1 amide bonds. The molecule has 6 heteroatoms. The summed E-state index contributed by atoms with van der Waals surface area (Å²) in [6.45, 7) is 0. The van der Waals surface area contributed by atoms with Crippen LogP contribution in [0.5, 0.6) is 0 Å². The average Bonchev–Trinajstić information content (AvgIpc) is 3.10. The van der Waals surface area contributed by atoms with Crippen LogP contribution >= 0.6 is 0 Å². The van der Waals surface area contributed by atoms with E-state index in [-0.39, 0.29) is 11.6 Å². The third kappa shape index (κ3) is 4.09. The lowest BCUT2D eigenvalue weighted by Gasteiger charge is -2.22. The first-order chi connectivity index (χ1) is 14.9. The van der Waals surface area contributed by atoms with Gasteiger partial charge in [-0.25, -0.2) is 0 Å². The Morgan fingerprint density at radius 3 is 2.13 bits per heavy atom. The Kier molecular flexibility index (Phi) is 5.37. The van der Waals surface area contributed by atoms with Crippen molar-refractivity contribution in [3.05, 3.63) is 112 Å². The van der Waals surface area contributed by atoms with Crippen LogP contribution in [0.25, 0.3) is 11.8 Å². The smallest absolute Gasteiger partial charge is 0.269 e. The maximum Gasteiger partial charge on any atom is 0.269 e. The number of rotatable bonds is 5. The number of anilines is 2. The fraction of sp³-hybridized carbons (Fsp3) is 0.0800. The lowest BCUT2D eigenvalue weighted by atomic mass is 10.1. The SMILES string of the molecule is CN(C)c1ccc(N2C(=O)/C(=C/c3ccc([N+](=O)[O-])cc3)C=C2c2ccccc2)cc1. The Balaban J connectivity index is 1.75. The largest absolute Gasteiger partial charge is 0.378 e. The number of carbonyl (C=O) groups is 1. The second-order valence-corrected chi connectivity index (χ2v) is 7.40. The second-order valence-electron chi connectivity index (χ2n) is 7.40. The third-order valence-electron chi connectivity index (χ3n) is 5.10. The van der Waals surface area contributed by atoms with Crippen molar-refractivity contribution in [1.82, 2.24) is 0 Å². The molecule has 1 aliphatic heterocycles. The molecule has 0 unspecified atom stereocenters. The molecule has 0 saturated carbocycles. The minimum atomic E-state index is -0.440. The van der Waals surface area contributed by atoms with Gasteiger partial charge in [-0.05, 0) is 59.7 Å². The first-order valence-corrected chi connectivity index (χ1v) is 9.79. The summed E-state index contributed by atoms with van der Waals surface area (Å²) in [6, 6.07) is 23.7. The number of nitro groups is 1. The molecule has 4 rings (SSSR count). The summed E-state index contributed by atoms with van der Waals surface area (Å²) in [5.41, 5.74) is 4.80. The van der Waals surface area contributed by atoms with Gasteiger partial charge in [0.2, 0.25) is 0 Å². The number of benzene rings is 3. The van der Waals surface area contributed by atoms with Crippen molar-refractivity contribution < 1.29 is 9.72 Å². The molecule has 0 radical (unpaired) electrons. The minimum Gasteiger partial charge on any atom is -0.378 e. The quantitative estimate of drug-likeness (QED) is 0.332. The number of nitrogens with zero attached hydrogens (tertiary/aromatic N) is 3. The molecular formula is C25H21N3O3. The van der Waals surface area contributed by atoms with Crippen molar-refractivity contribution in [3.63, 3.8) is 0 Å². The van der Waals surface area contributed by atoms with E-state index in [0.717, 1.165) is 28.2 Å². The zero-order valence-electron chi connectivity index (χ0n) is 17.2. The molecule has 0 fully saturated rings. The van der Waals surface area contributed by atoms with E-state index in [1.807, 2.05) is 79.7 Å². The van der Waals surface area contributed by atoms with Crippen molar-refractivity contribution in [2.75, 3.05) is 23.9 Å². The Hall–Kier alpha value is -4.19. The highest BCUT2D eigenvalue weighted by Gasteiger charge is 2.30. The van der Waals surface area contributed by atoms with E-state index in [2.05, 4.69) is 0 Å². The molecule has 31 heavy (non-hydrogen) atoms. The molecule has 0 saturated heterocycles. The molecule has 154 valence electrons. The lowest BCUT2D eigenvalue weighted by molar-refractivity contribution is -0.384. The highest BCUT2D eigenvalue weighted by molar-refractivity contribution is 6.23. The van der Waals surface area contributed by atoms with Gasteiger partial charge in [-0.3, -0.25) is 19.8 Å². The number of amides is 1. The first kappa shape index (κ1) is 20.1. The summed E-state index contributed by atoms with van der Waals surface area (Å²) in [6.07, 6.45) is 3.61. The van der Waals surface area contributed by atoms with Gasteiger partial charge in [-0.1, -0.05) is 30.3 Å². The van der Waals surface area contributed by atoms with E-state index in [1.165, 1.54) is 12.1 Å². The van der Waals surface area contributed by atoms with Crippen molar-refractivity contribution >= 4 is 34.7 Å². The van der Waals surface area contributed by atoms with Gasteiger partial charge in [-0.2, -0.15) is 0 Å². The number of carbonyl (C=O) groups excluding carboxylic acids is 1. The van der Waals surface area contributed by atoms with E-state index < -0.39 is 4.92 Å². The predicted molar refractivity (Wildman–Crippen MR) is 124 cm³/mol. The maximum atomic E-state index is 13.4. The summed E-state index contributed by atoms with van der Waals surface area (Å²) < 4.78 is 0. The highest BCUT2D eigenvalue weighted by atomic mass is 16.6. The molecule has 0 aliphatic carbocycles. The fourth-order valence-corrected chi connectivity index (χ4v) is 3.46. The topological polar surface area (TPSA) is 66.7 Å². The van der Waals surface area contributed by atoms with E-state index in [1.54, 1.807) is 23.1 Å². The van der Waals surface area contributed by atoms with Gasteiger partial charge in [0.1, 0.15) is 0 Å².